The molecular weight excluding hydrogens is 200 g/mol. The van der Waals surface area contributed by atoms with Crippen molar-refractivity contribution in [1.82, 2.24) is 4.90 Å². The van der Waals surface area contributed by atoms with Crippen molar-refractivity contribution in [3.05, 3.63) is 35.9 Å². The molecule has 0 aromatic heterocycles. The van der Waals surface area contributed by atoms with Gasteiger partial charge in [-0.25, -0.2) is 0 Å². The standard InChI is InChI=1S/C13H20N2O/c1-16-8-7-15-9-12(13(14)10-15)11-5-3-2-4-6-11/h2-6,12-13H,7-10,14H2,1H3/t12-,13+/m1/s1. The first-order valence-corrected chi connectivity index (χ1v) is 5.83. The van der Waals surface area contributed by atoms with E-state index in [1.165, 1.54) is 5.56 Å². The highest BCUT2D eigenvalue weighted by Crippen LogP contribution is 2.25. The molecule has 0 amide bonds. The van der Waals surface area contributed by atoms with Gasteiger partial charge in [0.15, 0.2) is 0 Å². The van der Waals surface area contributed by atoms with Gasteiger partial charge in [0.05, 0.1) is 6.61 Å². The van der Waals surface area contributed by atoms with Crippen molar-refractivity contribution in [2.24, 2.45) is 5.73 Å². The number of likely N-dealkylation sites (tertiary alicyclic amines) is 1. The van der Waals surface area contributed by atoms with Crippen LogP contribution in [-0.4, -0.2) is 44.3 Å². The second kappa shape index (κ2) is 5.43. The van der Waals surface area contributed by atoms with Crippen molar-refractivity contribution < 1.29 is 4.74 Å². The Morgan fingerprint density at radius 2 is 2.06 bits per heavy atom. The maximum Gasteiger partial charge on any atom is 0.0589 e. The minimum atomic E-state index is 0.249. The summed E-state index contributed by atoms with van der Waals surface area (Å²) in [5, 5.41) is 0. The lowest BCUT2D eigenvalue weighted by molar-refractivity contribution is 0.160. The van der Waals surface area contributed by atoms with E-state index >= 15 is 0 Å². The van der Waals surface area contributed by atoms with Crippen LogP contribution in [0.4, 0.5) is 0 Å². The first-order chi connectivity index (χ1) is 7.81. The topological polar surface area (TPSA) is 38.5 Å². The van der Waals surface area contributed by atoms with Crippen molar-refractivity contribution >= 4 is 0 Å². The van der Waals surface area contributed by atoms with E-state index in [2.05, 4.69) is 29.2 Å². The van der Waals surface area contributed by atoms with Gasteiger partial charge in [0.25, 0.3) is 0 Å². The normalized spacial score (nSPS) is 26.1. The maximum absolute atomic E-state index is 6.19. The van der Waals surface area contributed by atoms with Crippen LogP contribution in [0, 0.1) is 0 Å². The minimum absolute atomic E-state index is 0.249. The molecule has 1 aliphatic heterocycles. The number of benzene rings is 1. The first-order valence-electron chi connectivity index (χ1n) is 5.83. The first kappa shape index (κ1) is 11.6. The Morgan fingerprint density at radius 3 is 2.75 bits per heavy atom. The summed E-state index contributed by atoms with van der Waals surface area (Å²) in [6.45, 7) is 3.79. The zero-order valence-corrected chi connectivity index (χ0v) is 9.80. The molecular formula is C13H20N2O. The Bertz CT molecular complexity index is 315. The predicted octanol–water partition coefficient (Wildman–Crippen LogP) is 1.06. The van der Waals surface area contributed by atoms with Crippen molar-refractivity contribution in [2.75, 3.05) is 33.4 Å². The predicted molar refractivity (Wildman–Crippen MR) is 65.5 cm³/mol. The zero-order chi connectivity index (χ0) is 11.4. The van der Waals surface area contributed by atoms with Crippen LogP contribution in [0.25, 0.3) is 0 Å². The Labute approximate surface area is 97.2 Å². The van der Waals surface area contributed by atoms with Crippen LogP contribution in [0.15, 0.2) is 30.3 Å². The molecule has 1 aromatic carbocycles. The van der Waals surface area contributed by atoms with Crippen LogP contribution in [0.2, 0.25) is 0 Å². The van der Waals surface area contributed by atoms with E-state index in [9.17, 15) is 0 Å². The van der Waals surface area contributed by atoms with Gasteiger partial charge in [-0.05, 0) is 5.56 Å². The van der Waals surface area contributed by atoms with Crippen LogP contribution >= 0.6 is 0 Å². The second-order valence-electron chi connectivity index (χ2n) is 4.43. The molecule has 1 aliphatic rings. The molecule has 1 saturated heterocycles. The van der Waals surface area contributed by atoms with E-state index in [1.807, 2.05) is 6.07 Å². The highest BCUT2D eigenvalue weighted by Gasteiger charge is 2.30. The Kier molecular flexibility index (Phi) is 3.93. The minimum Gasteiger partial charge on any atom is -0.383 e. The summed E-state index contributed by atoms with van der Waals surface area (Å²) in [6.07, 6.45) is 0. The van der Waals surface area contributed by atoms with E-state index in [-0.39, 0.29) is 6.04 Å². The van der Waals surface area contributed by atoms with Gasteiger partial charge in [-0.3, -0.25) is 4.90 Å². The molecule has 2 rings (SSSR count). The maximum atomic E-state index is 6.19. The molecule has 3 heteroatoms. The number of hydrogen-bond donors (Lipinski definition) is 1. The van der Waals surface area contributed by atoms with Gasteiger partial charge in [0.1, 0.15) is 0 Å². The summed E-state index contributed by atoms with van der Waals surface area (Å²) in [7, 11) is 1.74. The van der Waals surface area contributed by atoms with Crippen LogP contribution in [-0.2, 0) is 4.74 Å². The van der Waals surface area contributed by atoms with Gasteiger partial charge in [0.2, 0.25) is 0 Å². The molecule has 0 radical (unpaired) electrons. The summed E-state index contributed by atoms with van der Waals surface area (Å²) in [5.74, 6) is 0.470. The summed E-state index contributed by atoms with van der Waals surface area (Å²) < 4.78 is 5.10. The number of methoxy groups -OCH3 is 1. The fourth-order valence-corrected chi connectivity index (χ4v) is 2.37. The summed E-state index contributed by atoms with van der Waals surface area (Å²) in [6, 6.07) is 10.8. The third-order valence-electron chi connectivity index (χ3n) is 3.28. The van der Waals surface area contributed by atoms with Crippen molar-refractivity contribution in [2.45, 2.75) is 12.0 Å². The van der Waals surface area contributed by atoms with Crippen molar-refractivity contribution in [3.8, 4) is 0 Å². The van der Waals surface area contributed by atoms with Crippen LogP contribution in [0.1, 0.15) is 11.5 Å². The number of hydrogen-bond acceptors (Lipinski definition) is 3. The molecule has 2 N–H and O–H groups in total. The van der Waals surface area contributed by atoms with Gasteiger partial charge in [-0.2, -0.15) is 0 Å². The fraction of sp³-hybridized carbons (Fsp3) is 0.538. The molecule has 1 fully saturated rings. The number of ether oxygens (including phenoxy) is 1. The highest BCUT2D eigenvalue weighted by molar-refractivity contribution is 5.23. The SMILES string of the molecule is COCCN1C[C@H](c2ccccc2)[C@@H](N)C1. The van der Waals surface area contributed by atoms with Gasteiger partial charge in [0, 0.05) is 38.7 Å². The van der Waals surface area contributed by atoms with Crippen molar-refractivity contribution in [3.63, 3.8) is 0 Å². The molecule has 88 valence electrons. The summed E-state index contributed by atoms with van der Waals surface area (Å²) in [5.41, 5.74) is 7.55. The van der Waals surface area contributed by atoms with E-state index < -0.39 is 0 Å². The molecule has 1 heterocycles. The lowest BCUT2D eigenvalue weighted by Gasteiger charge is -2.15. The molecule has 16 heavy (non-hydrogen) atoms. The van der Waals surface area contributed by atoms with Gasteiger partial charge >= 0.3 is 0 Å². The van der Waals surface area contributed by atoms with Crippen molar-refractivity contribution in [1.29, 1.82) is 0 Å². The number of nitrogens with two attached hydrogens (primary N) is 1. The van der Waals surface area contributed by atoms with E-state index in [1.54, 1.807) is 7.11 Å². The van der Waals surface area contributed by atoms with Crippen LogP contribution < -0.4 is 5.73 Å². The Balaban J connectivity index is 1.97. The largest absolute Gasteiger partial charge is 0.383 e. The zero-order valence-electron chi connectivity index (χ0n) is 9.80. The highest BCUT2D eigenvalue weighted by atomic mass is 16.5. The summed E-state index contributed by atoms with van der Waals surface area (Å²) in [4.78, 5) is 2.38. The Morgan fingerprint density at radius 1 is 1.31 bits per heavy atom. The third kappa shape index (κ3) is 2.61. The summed E-state index contributed by atoms with van der Waals surface area (Å²) >= 11 is 0. The molecule has 0 spiro atoms. The molecule has 2 atom stereocenters. The second-order valence-corrected chi connectivity index (χ2v) is 4.43. The quantitative estimate of drug-likeness (QED) is 0.824. The lowest BCUT2D eigenvalue weighted by Crippen LogP contribution is -2.30. The monoisotopic (exact) mass is 220 g/mol. The molecule has 1 aromatic rings. The van der Waals surface area contributed by atoms with Crippen LogP contribution in [0.5, 0.6) is 0 Å². The lowest BCUT2D eigenvalue weighted by atomic mass is 9.95. The Hall–Kier alpha value is -0.900. The third-order valence-corrected chi connectivity index (χ3v) is 3.28. The van der Waals surface area contributed by atoms with E-state index in [0.29, 0.717) is 5.92 Å². The molecule has 0 saturated carbocycles. The average Bonchev–Trinajstić information content (AvgIpc) is 2.69. The van der Waals surface area contributed by atoms with Crippen LogP contribution in [0.3, 0.4) is 0 Å². The van der Waals surface area contributed by atoms with Gasteiger partial charge < -0.3 is 10.5 Å². The van der Waals surface area contributed by atoms with Gasteiger partial charge in [-0.1, -0.05) is 30.3 Å². The molecule has 0 unspecified atom stereocenters. The molecule has 0 bridgehead atoms. The number of nitrogens with zero attached hydrogens (tertiary/aromatic N) is 1. The average molecular weight is 220 g/mol. The smallest absolute Gasteiger partial charge is 0.0589 e. The van der Waals surface area contributed by atoms with E-state index in [0.717, 1.165) is 26.2 Å². The number of rotatable bonds is 4. The molecule has 0 aliphatic carbocycles. The van der Waals surface area contributed by atoms with Gasteiger partial charge in [-0.15, -0.1) is 0 Å². The fourth-order valence-electron chi connectivity index (χ4n) is 2.37. The van der Waals surface area contributed by atoms with E-state index in [4.69, 9.17) is 10.5 Å². The molecule has 3 nitrogen and oxygen atoms in total.